The van der Waals surface area contributed by atoms with Crippen molar-refractivity contribution in [1.82, 2.24) is 0 Å². The van der Waals surface area contributed by atoms with Crippen molar-refractivity contribution >= 4 is 55.2 Å². The second-order valence-corrected chi connectivity index (χ2v) is 11.3. The highest BCUT2D eigenvalue weighted by molar-refractivity contribution is 8.00. The maximum atomic E-state index is 2.42. The Morgan fingerprint density at radius 3 is 1.92 bits per heavy atom. The van der Waals surface area contributed by atoms with Gasteiger partial charge in [-0.1, -0.05) is 103 Å². The third kappa shape index (κ3) is 3.31. The van der Waals surface area contributed by atoms with Gasteiger partial charge in [0.2, 0.25) is 0 Å². The summed E-state index contributed by atoms with van der Waals surface area (Å²) < 4.78 is 0. The molecule has 0 bridgehead atoms. The Kier molecular flexibility index (Phi) is 4.68. The molecule has 0 saturated heterocycles. The van der Waals surface area contributed by atoms with E-state index in [9.17, 15) is 0 Å². The van der Waals surface area contributed by atoms with E-state index in [-0.39, 0.29) is 0 Å². The fourth-order valence-electron chi connectivity index (χ4n) is 6.17. The lowest BCUT2D eigenvalue weighted by atomic mass is 9.89. The molecule has 6 aromatic rings. The lowest BCUT2D eigenvalue weighted by Crippen LogP contribution is -2.03. The molecule has 6 aromatic carbocycles. The predicted octanol–water partition coefficient (Wildman–Crippen LogP) is 10.2. The fourth-order valence-corrected chi connectivity index (χ4v) is 7.46. The highest BCUT2D eigenvalue weighted by Gasteiger charge is 2.29. The number of thioether (sulfide) groups is 1. The van der Waals surface area contributed by atoms with Gasteiger partial charge in [0, 0.05) is 10.1 Å². The number of hydrogen-bond acceptors (Lipinski definition) is 1. The third-order valence-electron chi connectivity index (χ3n) is 7.95. The normalized spacial score (nSPS) is 16.5. The van der Waals surface area contributed by atoms with Crippen LogP contribution in [0.1, 0.15) is 17.5 Å². The van der Waals surface area contributed by atoms with Crippen LogP contribution in [0.5, 0.6) is 0 Å². The topological polar surface area (TPSA) is 0 Å². The van der Waals surface area contributed by atoms with E-state index >= 15 is 0 Å². The molecule has 1 unspecified atom stereocenters. The van der Waals surface area contributed by atoms with Crippen LogP contribution >= 0.6 is 11.8 Å². The molecule has 2 aliphatic rings. The summed E-state index contributed by atoms with van der Waals surface area (Å²) in [6, 6.07) is 42.5. The van der Waals surface area contributed by atoms with Crippen LogP contribution in [0.25, 0.3) is 54.6 Å². The minimum atomic E-state index is 0.549. The van der Waals surface area contributed by atoms with Gasteiger partial charge in [0.05, 0.1) is 0 Å². The summed E-state index contributed by atoms with van der Waals surface area (Å²) in [5.74, 6) is 0. The second kappa shape index (κ2) is 8.23. The molecule has 1 atom stereocenters. The van der Waals surface area contributed by atoms with E-state index in [1.54, 1.807) is 0 Å². The van der Waals surface area contributed by atoms with E-state index in [1.807, 2.05) is 11.8 Å². The van der Waals surface area contributed by atoms with Gasteiger partial charge in [-0.15, -0.1) is 11.8 Å². The fraction of sp³-hybridized carbons (Fsp3) is 0.0556. The van der Waals surface area contributed by atoms with Crippen molar-refractivity contribution in [2.45, 2.75) is 16.6 Å². The molecular weight excluding hydrogens is 464 g/mol. The van der Waals surface area contributed by atoms with E-state index in [0.29, 0.717) is 5.25 Å². The molecular formula is C36H24S. The minimum Gasteiger partial charge on any atom is -0.117 e. The van der Waals surface area contributed by atoms with Gasteiger partial charge < -0.3 is 0 Å². The van der Waals surface area contributed by atoms with Crippen LogP contribution in [0.4, 0.5) is 0 Å². The maximum Gasteiger partial charge on any atom is 0.0386 e. The summed E-state index contributed by atoms with van der Waals surface area (Å²) in [5, 5.41) is 8.46. The number of rotatable bonds is 2. The Bertz CT molecular complexity index is 1900. The van der Waals surface area contributed by atoms with Crippen molar-refractivity contribution in [1.29, 1.82) is 0 Å². The minimum absolute atomic E-state index is 0.549. The first-order chi connectivity index (χ1) is 18.3. The zero-order valence-electron chi connectivity index (χ0n) is 20.3. The van der Waals surface area contributed by atoms with Gasteiger partial charge in [0.25, 0.3) is 0 Å². The van der Waals surface area contributed by atoms with Gasteiger partial charge in [-0.05, 0) is 96.4 Å². The van der Waals surface area contributed by atoms with E-state index in [2.05, 4.69) is 127 Å². The van der Waals surface area contributed by atoms with Gasteiger partial charge in [-0.3, -0.25) is 0 Å². The van der Waals surface area contributed by atoms with Crippen LogP contribution < -0.4 is 0 Å². The Morgan fingerprint density at radius 2 is 1.14 bits per heavy atom. The first-order valence-corrected chi connectivity index (χ1v) is 13.8. The summed E-state index contributed by atoms with van der Waals surface area (Å²) in [7, 11) is 0. The highest BCUT2D eigenvalue weighted by atomic mass is 32.2. The molecule has 1 aliphatic heterocycles. The van der Waals surface area contributed by atoms with Crippen LogP contribution in [-0.4, -0.2) is 5.25 Å². The van der Waals surface area contributed by atoms with Crippen LogP contribution in [-0.2, 0) is 0 Å². The van der Waals surface area contributed by atoms with E-state index in [1.165, 1.54) is 70.6 Å². The Hall–Kier alpha value is -4.07. The van der Waals surface area contributed by atoms with E-state index < -0.39 is 0 Å². The summed E-state index contributed by atoms with van der Waals surface area (Å²) in [6.45, 7) is 0. The predicted molar refractivity (Wildman–Crippen MR) is 161 cm³/mol. The van der Waals surface area contributed by atoms with Crippen LogP contribution in [0.3, 0.4) is 0 Å². The molecule has 0 fully saturated rings. The molecule has 1 heterocycles. The van der Waals surface area contributed by atoms with Crippen molar-refractivity contribution in [3.05, 3.63) is 139 Å². The van der Waals surface area contributed by atoms with E-state index in [0.717, 1.165) is 6.42 Å². The lowest BCUT2D eigenvalue weighted by molar-refractivity contribution is 1.09. The number of fused-ring (bicyclic) bond motifs is 9. The first kappa shape index (κ1) is 21.1. The quantitative estimate of drug-likeness (QED) is 0.218. The molecule has 0 aromatic heterocycles. The molecule has 0 nitrogen and oxygen atoms in total. The standard InChI is InChI=1S/C36H24S/c1-2-12-29-27(10-1)28-11-3-4-13-30(28)33-21-25(16-18-31(29)33)23-8-7-9-24(20-23)26-17-19-36-34(22-26)32-14-5-6-15-35(32)37-36/h1-18,20-22,36H,19H2. The number of benzene rings is 6. The van der Waals surface area contributed by atoms with Crippen molar-refractivity contribution in [3.63, 3.8) is 0 Å². The summed E-state index contributed by atoms with van der Waals surface area (Å²) >= 11 is 2.01. The molecule has 8 rings (SSSR count). The van der Waals surface area contributed by atoms with Crippen LogP contribution in [0, 0.1) is 0 Å². The largest absolute Gasteiger partial charge is 0.117 e. The third-order valence-corrected chi connectivity index (χ3v) is 9.29. The maximum absolute atomic E-state index is 2.42. The number of hydrogen-bond donors (Lipinski definition) is 0. The average molecular weight is 489 g/mol. The lowest BCUT2D eigenvalue weighted by Gasteiger charge is -2.18. The summed E-state index contributed by atoms with van der Waals surface area (Å²) in [6.07, 6.45) is 5.93. The monoisotopic (exact) mass is 488 g/mol. The van der Waals surface area contributed by atoms with Gasteiger partial charge in [-0.2, -0.15) is 0 Å². The summed E-state index contributed by atoms with van der Waals surface area (Å²) in [5.41, 5.74) is 8.04. The van der Waals surface area contributed by atoms with Crippen molar-refractivity contribution in [3.8, 4) is 11.1 Å². The molecule has 174 valence electrons. The molecule has 37 heavy (non-hydrogen) atoms. The molecule has 0 spiro atoms. The van der Waals surface area contributed by atoms with Crippen LogP contribution in [0.2, 0.25) is 0 Å². The Balaban J connectivity index is 1.25. The molecule has 0 radical (unpaired) electrons. The SMILES string of the molecule is C1=C(c2cccc(-c3ccc4c5ccccc5c5ccccc5c4c3)c2)C=C2c3ccccc3SC2C1. The van der Waals surface area contributed by atoms with Crippen LogP contribution in [0.15, 0.2) is 132 Å². The molecule has 1 aliphatic carbocycles. The van der Waals surface area contributed by atoms with Gasteiger partial charge in [-0.25, -0.2) is 0 Å². The van der Waals surface area contributed by atoms with Crippen molar-refractivity contribution < 1.29 is 0 Å². The van der Waals surface area contributed by atoms with Gasteiger partial charge in [0.1, 0.15) is 0 Å². The van der Waals surface area contributed by atoms with Gasteiger partial charge in [0.15, 0.2) is 0 Å². The first-order valence-electron chi connectivity index (χ1n) is 13.0. The zero-order valence-corrected chi connectivity index (χ0v) is 21.1. The number of allylic oxidation sites excluding steroid dienone is 3. The molecule has 1 heteroatoms. The molecule has 0 saturated carbocycles. The van der Waals surface area contributed by atoms with Crippen molar-refractivity contribution in [2.75, 3.05) is 0 Å². The average Bonchev–Trinajstić information content (AvgIpc) is 3.35. The van der Waals surface area contributed by atoms with E-state index in [4.69, 9.17) is 0 Å². The Labute approximate surface area is 221 Å². The Morgan fingerprint density at radius 1 is 0.514 bits per heavy atom. The molecule has 0 N–H and O–H groups in total. The highest BCUT2D eigenvalue weighted by Crippen LogP contribution is 2.49. The molecule has 0 amide bonds. The summed E-state index contributed by atoms with van der Waals surface area (Å²) in [4.78, 5) is 1.41. The second-order valence-electron chi connectivity index (χ2n) is 10.0. The smallest absolute Gasteiger partial charge is 0.0386 e. The van der Waals surface area contributed by atoms with Gasteiger partial charge >= 0.3 is 0 Å². The van der Waals surface area contributed by atoms with Crippen molar-refractivity contribution in [2.24, 2.45) is 0 Å². The zero-order chi connectivity index (χ0) is 24.3.